The highest BCUT2D eigenvalue weighted by Crippen LogP contribution is 2.37. The molecule has 2 atom stereocenters. The Kier molecular flexibility index (Phi) is 4.51. The summed E-state index contributed by atoms with van der Waals surface area (Å²) in [6.45, 7) is 4.05. The molecular formula is C19H25FN6O. The van der Waals surface area contributed by atoms with E-state index in [9.17, 15) is 5.11 Å². The van der Waals surface area contributed by atoms with E-state index in [0.717, 1.165) is 31.2 Å². The molecular weight excluding hydrogens is 347 g/mol. The fraction of sp³-hybridized carbons (Fsp3) is 0.474. The third-order valence-corrected chi connectivity index (χ3v) is 5.31. The van der Waals surface area contributed by atoms with Crippen LogP contribution in [0.4, 0.5) is 10.2 Å². The number of aromatic nitrogens is 4. The van der Waals surface area contributed by atoms with E-state index < -0.39 is 5.82 Å². The number of anilines is 1. The predicted octanol–water partition coefficient (Wildman–Crippen LogP) is 3.53. The van der Waals surface area contributed by atoms with Crippen molar-refractivity contribution in [2.45, 2.75) is 57.7 Å². The summed E-state index contributed by atoms with van der Waals surface area (Å²) in [6.07, 6.45) is 8.97. The molecule has 0 aromatic carbocycles. The molecule has 3 aromatic rings. The molecule has 7 nitrogen and oxygen atoms in total. The number of hydrogen-bond donors (Lipinski definition) is 4. The molecule has 1 saturated carbocycles. The average Bonchev–Trinajstić information content (AvgIpc) is 3.27. The second kappa shape index (κ2) is 6.84. The van der Waals surface area contributed by atoms with Crippen LogP contribution in [0.5, 0.6) is 5.88 Å². The molecule has 8 heteroatoms. The van der Waals surface area contributed by atoms with Gasteiger partial charge in [-0.3, -0.25) is 4.68 Å². The molecule has 0 aliphatic heterocycles. The van der Waals surface area contributed by atoms with E-state index in [-0.39, 0.29) is 29.8 Å². The van der Waals surface area contributed by atoms with Crippen molar-refractivity contribution in [1.82, 2.24) is 19.7 Å². The molecule has 3 heterocycles. The zero-order chi connectivity index (χ0) is 19.1. The van der Waals surface area contributed by atoms with Crippen LogP contribution in [0.2, 0.25) is 0 Å². The van der Waals surface area contributed by atoms with Crippen molar-refractivity contribution in [3.63, 3.8) is 0 Å². The van der Waals surface area contributed by atoms with Crippen molar-refractivity contribution in [3.8, 4) is 17.1 Å². The van der Waals surface area contributed by atoms with Gasteiger partial charge in [0.1, 0.15) is 0 Å². The smallest absolute Gasteiger partial charge is 0.198 e. The Labute approximate surface area is 156 Å². The molecule has 4 rings (SSSR count). The van der Waals surface area contributed by atoms with E-state index in [0.29, 0.717) is 16.5 Å². The first kappa shape index (κ1) is 17.8. The van der Waals surface area contributed by atoms with Gasteiger partial charge in [-0.25, -0.2) is 9.37 Å². The summed E-state index contributed by atoms with van der Waals surface area (Å²) in [4.78, 5) is 7.22. The molecule has 0 radical (unpaired) electrons. The molecule has 5 N–H and O–H groups in total. The number of pyridine rings is 1. The Morgan fingerprint density at radius 2 is 2.15 bits per heavy atom. The zero-order valence-corrected chi connectivity index (χ0v) is 15.5. The first-order valence-electron chi connectivity index (χ1n) is 9.42. The number of H-pyrrole nitrogens is 1. The maximum atomic E-state index is 15.1. The highest BCUT2D eigenvalue weighted by molar-refractivity contribution is 6.00. The lowest BCUT2D eigenvalue weighted by Crippen LogP contribution is -2.43. The Balaban J connectivity index is 1.81. The van der Waals surface area contributed by atoms with Gasteiger partial charge in [-0.05, 0) is 26.7 Å². The number of nitrogens with zero attached hydrogens (tertiary/aromatic N) is 3. The fourth-order valence-corrected chi connectivity index (χ4v) is 3.73. The van der Waals surface area contributed by atoms with Crippen LogP contribution in [0.25, 0.3) is 22.0 Å². The van der Waals surface area contributed by atoms with Crippen LogP contribution in [-0.2, 0) is 0 Å². The van der Waals surface area contributed by atoms with Crippen LogP contribution in [0.1, 0.15) is 45.6 Å². The molecule has 0 bridgehead atoms. The summed E-state index contributed by atoms with van der Waals surface area (Å²) in [5.74, 6) is -0.430. The lowest BCUT2D eigenvalue weighted by atomic mass is 9.91. The number of halogens is 1. The molecule has 144 valence electrons. The summed E-state index contributed by atoms with van der Waals surface area (Å²) in [7, 11) is 0. The molecule has 1 fully saturated rings. The SMILES string of the molecule is CC(C)n1cc(-c2nc(N[C@@H]3CCCC[C@@H]3N)c(F)c3c[nH]c(O)c23)cn1. The summed E-state index contributed by atoms with van der Waals surface area (Å²) in [6, 6.07) is 0.145. The van der Waals surface area contributed by atoms with Gasteiger partial charge < -0.3 is 21.1 Å². The van der Waals surface area contributed by atoms with E-state index >= 15 is 4.39 Å². The minimum absolute atomic E-state index is 0.0167. The van der Waals surface area contributed by atoms with Crippen LogP contribution in [0.15, 0.2) is 18.6 Å². The molecule has 1 aliphatic rings. The second-order valence-electron chi connectivity index (χ2n) is 7.55. The van der Waals surface area contributed by atoms with Gasteiger partial charge in [0, 0.05) is 41.5 Å². The van der Waals surface area contributed by atoms with Gasteiger partial charge in [0.15, 0.2) is 17.5 Å². The first-order valence-corrected chi connectivity index (χ1v) is 9.42. The monoisotopic (exact) mass is 372 g/mol. The first-order chi connectivity index (χ1) is 13.0. The number of hydrogen-bond acceptors (Lipinski definition) is 5. The maximum Gasteiger partial charge on any atom is 0.198 e. The lowest BCUT2D eigenvalue weighted by Gasteiger charge is -2.30. The van der Waals surface area contributed by atoms with Crippen LogP contribution in [-0.4, -0.2) is 36.9 Å². The Hall–Kier alpha value is -2.61. The minimum Gasteiger partial charge on any atom is -0.494 e. The quantitative estimate of drug-likeness (QED) is 0.561. The van der Waals surface area contributed by atoms with Crippen LogP contribution in [0.3, 0.4) is 0 Å². The summed E-state index contributed by atoms with van der Waals surface area (Å²) < 4.78 is 16.9. The molecule has 0 amide bonds. The van der Waals surface area contributed by atoms with Gasteiger partial charge in [0.25, 0.3) is 0 Å². The molecule has 0 unspecified atom stereocenters. The number of aromatic hydroxyl groups is 1. The molecule has 0 saturated heterocycles. The standard InChI is InChI=1S/C19H25FN6O/c1-10(2)26-9-11(7-23-26)17-15-12(8-22-19(15)27)16(20)18(25-17)24-14-6-4-3-5-13(14)21/h7-10,13-14,22,24,27H,3-6,21H2,1-2H3/t13-,14+/m0/s1. The van der Waals surface area contributed by atoms with Crippen molar-refractivity contribution in [2.24, 2.45) is 5.73 Å². The van der Waals surface area contributed by atoms with E-state index in [2.05, 4.69) is 20.4 Å². The maximum absolute atomic E-state index is 15.1. The summed E-state index contributed by atoms with van der Waals surface area (Å²) in [5, 5.41) is 18.4. The molecule has 27 heavy (non-hydrogen) atoms. The van der Waals surface area contributed by atoms with Crippen LogP contribution >= 0.6 is 0 Å². The third kappa shape index (κ3) is 3.14. The van der Waals surface area contributed by atoms with Crippen molar-refractivity contribution in [2.75, 3.05) is 5.32 Å². The van der Waals surface area contributed by atoms with Gasteiger partial charge in [0.2, 0.25) is 0 Å². The minimum atomic E-state index is -0.487. The molecule has 3 aromatic heterocycles. The van der Waals surface area contributed by atoms with Gasteiger partial charge in [-0.2, -0.15) is 5.10 Å². The van der Waals surface area contributed by atoms with Crippen molar-refractivity contribution in [1.29, 1.82) is 0 Å². The van der Waals surface area contributed by atoms with Crippen molar-refractivity contribution in [3.05, 3.63) is 24.4 Å². The lowest BCUT2D eigenvalue weighted by molar-refractivity contribution is 0.402. The Morgan fingerprint density at radius 3 is 2.85 bits per heavy atom. The fourth-order valence-electron chi connectivity index (χ4n) is 3.73. The van der Waals surface area contributed by atoms with E-state index in [1.165, 1.54) is 6.20 Å². The number of nitrogens with two attached hydrogens (primary N) is 1. The summed E-state index contributed by atoms with van der Waals surface area (Å²) >= 11 is 0. The van der Waals surface area contributed by atoms with Gasteiger partial charge in [0.05, 0.1) is 17.3 Å². The van der Waals surface area contributed by atoms with E-state index in [4.69, 9.17) is 5.73 Å². The number of aromatic amines is 1. The van der Waals surface area contributed by atoms with E-state index in [1.54, 1.807) is 10.9 Å². The van der Waals surface area contributed by atoms with Gasteiger partial charge in [-0.1, -0.05) is 12.8 Å². The highest BCUT2D eigenvalue weighted by Gasteiger charge is 2.26. The van der Waals surface area contributed by atoms with Crippen molar-refractivity contribution >= 4 is 16.6 Å². The largest absolute Gasteiger partial charge is 0.494 e. The second-order valence-corrected chi connectivity index (χ2v) is 7.55. The number of fused-ring (bicyclic) bond motifs is 1. The molecule has 1 aliphatic carbocycles. The number of nitrogens with one attached hydrogen (secondary N) is 2. The van der Waals surface area contributed by atoms with Gasteiger partial charge >= 0.3 is 0 Å². The molecule has 0 spiro atoms. The van der Waals surface area contributed by atoms with Crippen molar-refractivity contribution < 1.29 is 9.50 Å². The third-order valence-electron chi connectivity index (χ3n) is 5.31. The predicted molar refractivity (Wildman–Crippen MR) is 103 cm³/mol. The Bertz CT molecular complexity index is 963. The zero-order valence-electron chi connectivity index (χ0n) is 15.5. The number of rotatable bonds is 4. The average molecular weight is 372 g/mol. The van der Waals surface area contributed by atoms with Gasteiger partial charge in [-0.15, -0.1) is 0 Å². The topological polar surface area (TPSA) is 105 Å². The summed E-state index contributed by atoms with van der Waals surface area (Å²) in [5.41, 5.74) is 7.42. The highest BCUT2D eigenvalue weighted by atomic mass is 19.1. The normalized spacial score (nSPS) is 20.5. The Morgan fingerprint density at radius 1 is 1.37 bits per heavy atom. The van der Waals surface area contributed by atoms with Crippen LogP contribution in [0, 0.1) is 5.82 Å². The van der Waals surface area contributed by atoms with E-state index in [1.807, 2.05) is 20.0 Å². The van der Waals surface area contributed by atoms with Crippen LogP contribution < -0.4 is 11.1 Å².